The first kappa shape index (κ1) is 20.7. The number of nitrogens with zero attached hydrogens (tertiary/aromatic N) is 1. The second-order valence-electron chi connectivity index (χ2n) is 7.04. The lowest BCUT2D eigenvalue weighted by Crippen LogP contribution is -2.43. The summed E-state index contributed by atoms with van der Waals surface area (Å²) in [5.41, 5.74) is 1.14. The van der Waals surface area contributed by atoms with Crippen LogP contribution in [0.3, 0.4) is 0 Å². The van der Waals surface area contributed by atoms with Crippen LogP contribution in [-0.4, -0.2) is 43.6 Å². The molecule has 2 aliphatic rings. The van der Waals surface area contributed by atoms with Crippen LogP contribution in [0.25, 0.3) is 0 Å². The summed E-state index contributed by atoms with van der Waals surface area (Å²) in [4.78, 5) is 14.7. The third-order valence-electron chi connectivity index (χ3n) is 5.30. The Morgan fingerprint density at radius 3 is 2.84 bits per heavy atom. The molecule has 0 aliphatic carbocycles. The van der Waals surface area contributed by atoms with Gasteiger partial charge in [0.1, 0.15) is 6.10 Å². The molecule has 0 spiro atoms. The van der Waals surface area contributed by atoms with Gasteiger partial charge in [0.25, 0.3) is 0 Å². The van der Waals surface area contributed by atoms with Crippen molar-refractivity contribution in [3.63, 3.8) is 0 Å². The Bertz CT molecular complexity index is 549. The summed E-state index contributed by atoms with van der Waals surface area (Å²) in [5.74, 6) is 1.35. The zero-order valence-electron chi connectivity index (χ0n) is 14.7. The van der Waals surface area contributed by atoms with E-state index in [0.717, 1.165) is 23.1 Å². The number of hydrogen-bond acceptors (Lipinski definition) is 3. The fraction of sp³-hybridized carbons (Fsp3) is 0.632. The number of halogens is 2. The number of morpholine rings is 1. The summed E-state index contributed by atoms with van der Waals surface area (Å²) < 4.78 is 6.95. The maximum absolute atomic E-state index is 12.7. The summed E-state index contributed by atoms with van der Waals surface area (Å²) in [5, 5.41) is 3.45. The van der Waals surface area contributed by atoms with Gasteiger partial charge in [-0.05, 0) is 55.5 Å². The van der Waals surface area contributed by atoms with Crippen molar-refractivity contribution >= 4 is 34.2 Å². The van der Waals surface area contributed by atoms with Crippen LogP contribution in [0.2, 0.25) is 0 Å². The summed E-state index contributed by atoms with van der Waals surface area (Å²) in [6, 6.07) is 8.19. The highest BCUT2D eigenvalue weighted by Crippen LogP contribution is 2.27. The highest BCUT2D eigenvalue weighted by Gasteiger charge is 2.28. The second-order valence-corrected chi connectivity index (χ2v) is 7.95. The van der Waals surface area contributed by atoms with E-state index in [1.807, 2.05) is 17.0 Å². The standard InChI is InChI=1S/C19H27BrN2O2.ClH/c1-14(16-3-2-8-21-12-16)11-19(23)22-9-10-24-18(13-22)15-4-6-17(20)7-5-15;/h4-7,14,16,18,21H,2-3,8-13H2,1H3;1H. The van der Waals surface area contributed by atoms with Crippen LogP contribution < -0.4 is 5.32 Å². The number of hydrogen-bond donors (Lipinski definition) is 1. The van der Waals surface area contributed by atoms with Gasteiger partial charge in [-0.1, -0.05) is 35.0 Å². The van der Waals surface area contributed by atoms with Crippen LogP contribution in [0.4, 0.5) is 0 Å². The van der Waals surface area contributed by atoms with Crippen LogP contribution in [-0.2, 0) is 9.53 Å². The summed E-state index contributed by atoms with van der Waals surface area (Å²) in [6.45, 7) is 6.39. The number of carbonyl (C=O) groups excluding carboxylic acids is 1. The van der Waals surface area contributed by atoms with Crippen LogP contribution in [0.15, 0.2) is 28.7 Å². The average molecular weight is 432 g/mol. The quantitative estimate of drug-likeness (QED) is 0.788. The highest BCUT2D eigenvalue weighted by molar-refractivity contribution is 9.10. The smallest absolute Gasteiger partial charge is 0.223 e. The van der Waals surface area contributed by atoms with E-state index in [2.05, 4.69) is 40.3 Å². The number of benzene rings is 1. The van der Waals surface area contributed by atoms with Gasteiger partial charge in [0.15, 0.2) is 0 Å². The highest BCUT2D eigenvalue weighted by atomic mass is 79.9. The predicted molar refractivity (Wildman–Crippen MR) is 106 cm³/mol. The molecule has 3 atom stereocenters. The molecular formula is C19H28BrClN2O2. The molecule has 3 unspecified atom stereocenters. The van der Waals surface area contributed by atoms with E-state index < -0.39 is 0 Å². The molecule has 3 rings (SSSR count). The van der Waals surface area contributed by atoms with E-state index >= 15 is 0 Å². The van der Waals surface area contributed by atoms with Gasteiger partial charge in [-0.3, -0.25) is 4.79 Å². The molecule has 2 heterocycles. The normalized spacial score (nSPS) is 25.1. The molecule has 2 fully saturated rings. The molecule has 1 amide bonds. The summed E-state index contributed by atoms with van der Waals surface area (Å²) >= 11 is 3.46. The zero-order valence-corrected chi connectivity index (χ0v) is 17.2. The van der Waals surface area contributed by atoms with Gasteiger partial charge in [0, 0.05) is 17.4 Å². The Balaban J connectivity index is 0.00000225. The fourth-order valence-electron chi connectivity index (χ4n) is 3.69. The lowest BCUT2D eigenvalue weighted by atomic mass is 9.85. The molecule has 0 saturated carbocycles. The minimum Gasteiger partial charge on any atom is -0.370 e. The molecule has 25 heavy (non-hydrogen) atoms. The Morgan fingerprint density at radius 1 is 1.40 bits per heavy atom. The van der Waals surface area contributed by atoms with Gasteiger partial charge in [0.2, 0.25) is 5.91 Å². The van der Waals surface area contributed by atoms with E-state index in [1.54, 1.807) is 0 Å². The molecule has 1 aromatic carbocycles. The van der Waals surface area contributed by atoms with E-state index in [0.29, 0.717) is 38.0 Å². The maximum Gasteiger partial charge on any atom is 0.223 e. The van der Waals surface area contributed by atoms with Crippen LogP contribution in [0.5, 0.6) is 0 Å². The molecule has 140 valence electrons. The number of rotatable bonds is 4. The van der Waals surface area contributed by atoms with E-state index in [-0.39, 0.29) is 24.4 Å². The number of piperidine rings is 1. The van der Waals surface area contributed by atoms with Crippen LogP contribution >= 0.6 is 28.3 Å². The number of ether oxygens (including phenoxy) is 1. The number of carbonyl (C=O) groups is 1. The number of nitrogens with one attached hydrogen (secondary N) is 1. The first-order valence-corrected chi connectivity index (χ1v) is 9.78. The van der Waals surface area contributed by atoms with Crippen molar-refractivity contribution in [2.75, 3.05) is 32.8 Å². The average Bonchev–Trinajstić information content (AvgIpc) is 2.63. The van der Waals surface area contributed by atoms with Crippen LogP contribution in [0.1, 0.15) is 37.9 Å². The van der Waals surface area contributed by atoms with Gasteiger partial charge in [-0.25, -0.2) is 0 Å². The monoisotopic (exact) mass is 430 g/mol. The SMILES string of the molecule is CC(CC(=O)N1CCOC(c2ccc(Br)cc2)C1)C1CCCNC1.Cl. The third kappa shape index (κ3) is 5.68. The minimum atomic E-state index is -0.0116. The fourth-order valence-corrected chi connectivity index (χ4v) is 3.95. The van der Waals surface area contributed by atoms with Gasteiger partial charge in [-0.2, -0.15) is 0 Å². The maximum atomic E-state index is 12.7. The van der Waals surface area contributed by atoms with Crippen molar-refractivity contribution < 1.29 is 9.53 Å². The molecular weight excluding hydrogens is 404 g/mol. The molecule has 2 saturated heterocycles. The van der Waals surface area contributed by atoms with Crippen molar-refractivity contribution in [2.24, 2.45) is 11.8 Å². The van der Waals surface area contributed by atoms with Gasteiger partial charge >= 0.3 is 0 Å². The predicted octanol–water partition coefficient (Wildman–Crippen LogP) is 3.80. The second kappa shape index (κ2) is 9.91. The topological polar surface area (TPSA) is 41.6 Å². The van der Waals surface area contributed by atoms with Crippen LogP contribution in [0, 0.1) is 11.8 Å². The van der Waals surface area contributed by atoms with Crippen molar-refractivity contribution in [1.29, 1.82) is 0 Å². The lowest BCUT2D eigenvalue weighted by Gasteiger charge is -2.35. The molecule has 0 radical (unpaired) electrons. The van der Waals surface area contributed by atoms with E-state index in [4.69, 9.17) is 4.74 Å². The number of amides is 1. The van der Waals surface area contributed by atoms with E-state index in [9.17, 15) is 4.79 Å². The van der Waals surface area contributed by atoms with Gasteiger partial charge < -0.3 is 15.0 Å². The van der Waals surface area contributed by atoms with Crippen molar-refractivity contribution in [3.8, 4) is 0 Å². The molecule has 1 N–H and O–H groups in total. The van der Waals surface area contributed by atoms with E-state index in [1.165, 1.54) is 12.8 Å². The Hall–Kier alpha value is -0.620. The molecule has 2 aliphatic heterocycles. The Kier molecular flexibility index (Phi) is 8.20. The first-order valence-electron chi connectivity index (χ1n) is 8.99. The van der Waals surface area contributed by atoms with Crippen molar-refractivity contribution in [3.05, 3.63) is 34.3 Å². The Labute approximate surface area is 165 Å². The first-order chi connectivity index (χ1) is 11.6. The van der Waals surface area contributed by atoms with Gasteiger partial charge in [0.05, 0.1) is 13.2 Å². The third-order valence-corrected chi connectivity index (χ3v) is 5.83. The molecule has 0 bridgehead atoms. The van der Waals surface area contributed by atoms with Crippen molar-refractivity contribution in [2.45, 2.75) is 32.3 Å². The molecule has 4 nitrogen and oxygen atoms in total. The molecule has 6 heteroatoms. The largest absolute Gasteiger partial charge is 0.370 e. The van der Waals surface area contributed by atoms with Gasteiger partial charge in [-0.15, -0.1) is 12.4 Å². The minimum absolute atomic E-state index is 0. The van der Waals surface area contributed by atoms with Crippen molar-refractivity contribution in [1.82, 2.24) is 10.2 Å². The lowest BCUT2D eigenvalue weighted by molar-refractivity contribution is -0.140. The molecule has 0 aromatic heterocycles. The summed E-state index contributed by atoms with van der Waals surface area (Å²) in [6.07, 6.45) is 3.11. The molecule has 1 aromatic rings. The zero-order chi connectivity index (χ0) is 16.9. The summed E-state index contributed by atoms with van der Waals surface area (Å²) in [7, 11) is 0. The Morgan fingerprint density at radius 2 is 2.16 bits per heavy atom.